The number of fused-ring (bicyclic) bond motifs is 1. The van der Waals surface area contributed by atoms with Crippen LogP contribution >= 0.6 is 12.2 Å². The number of H-pyrrole nitrogens is 1. The Labute approximate surface area is 131 Å². The van der Waals surface area contributed by atoms with Gasteiger partial charge in [0, 0.05) is 0 Å². The highest BCUT2D eigenvalue weighted by atomic mass is 32.1. The topological polar surface area (TPSA) is 64.1 Å². The summed E-state index contributed by atoms with van der Waals surface area (Å²) in [5.74, 6) is -0.513. The van der Waals surface area contributed by atoms with Crippen molar-refractivity contribution < 1.29 is 9.53 Å². The Bertz CT molecular complexity index is 919. The fraction of sp³-hybridized carbons (Fsp3) is 0.0625. The molecule has 0 radical (unpaired) electrons. The first-order valence-electron chi connectivity index (χ1n) is 6.36. The third kappa shape index (κ3) is 2.68. The van der Waals surface area contributed by atoms with Gasteiger partial charge in [-0.15, -0.1) is 0 Å². The molecular weight excluding hydrogens is 300 g/mol. The van der Waals surface area contributed by atoms with Crippen LogP contribution in [0.2, 0.25) is 0 Å². The number of hydrogen-bond acceptors (Lipinski definition) is 4. The van der Waals surface area contributed by atoms with Gasteiger partial charge in [-0.05, 0) is 42.6 Å². The maximum absolute atomic E-state index is 12.7. The normalized spacial score (nSPS) is 11.2. The van der Waals surface area contributed by atoms with Crippen LogP contribution in [0.3, 0.4) is 0 Å². The summed E-state index contributed by atoms with van der Waals surface area (Å²) in [5.41, 5.74) is 0.974. The van der Waals surface area contributed by atoms with Crippen LogP contribution < -0.4 is 5.56 Å². The Morgan fingerprint density at radius 3 is 2.73 bits per heavy atom. The monoisotopic (exact) mass is 314 g/mol. The van der Waals surface area contributed by atoms with Crippen molar-refractivity contribution >= 4 is 34.8 Å². The molecule has 1 heterocycles. The average Bonchev–Trinajstić information content (AvgIpc) is 2.52. The minimum Gasteiger partial charge on any atom is -0.465 e. The average molecular weight is 314 g/mol. The van der Waals surface area contributed by atoms with Crippen molar-refractivity contribution in [2.24, 2.45) is 0 Å². The molecule has 0 unspecified atom stereocenters. The molecule has 0 saturated carbocycles. The van der Waals surface area contributed by atoms with E-state index >= 15 is 0 Å². The van der Waals surface area contributed by atoms with Crippen molar-refractivity contribution in [2.75, 3.05) is 7.11 Å². The summed E-state index contributed by atoms with van der Waals surface area (Å²) in [7, 11) is 1.28. The van der Waals surface area contributed by atoms with Crippen LogP contribution in [0.5, 0.6) is 0 Å². The van der Waals surface area contributed by atoms with E-state index in [4.69, 9.17) is 12.2 Å². The number of nitrogens with one attached hydrogen (secondary N) is 1. The molecule has 2 aromatic rings. The molecule has 0 atom stereocenters. The Balaban J connectivity index is 2.86. The number of rotatable bonds is 4. The van der Waals surface area contributed by atoms with Crippen LogP contribution in [-0.2, 0) is 4.74 Å². The minimum absolute atomic E-state index is 0.233. The van der Waals surface area contributed by atoms with Crippen molar-refractivity contribution in [2.45, 2.75) is 0 Å². The lowest BCUT2D eigenvalue weighted by atomic mass is 10.1. The second-order valence-corrected chi connectivity index (χ2v) is 4.74. The van der Waals surface area contributed by atoms with E-state index in [1.54, 1.807) is 18.2 Å². The van der Waals surface area contributed by atoms with Gasteiger partial charge in [0.2, 0.25) is 0 Å². The van der Waals surface area contributed by atoms with Crippen molar-refractivity contribution in [3.8, 4) is 0 Å². The lowest BCUT2D eigenvalue weighted by Crippen LogP contribution is -2.21. The quantitative estimate of drug-likeness (QED) is 0.535. The molecule has 22 heavy (non-hydrogen) atoms. The molecule has 0 fully saturated rings. The molecule has 112 valence electrons. The van der Waals surface area contributed by atoms with Crippen LogP contribution in [0.4, 0.5) is 0 Å². The first-order valence-corrected chi connectivity index (χ1v) is 6.77. The molecular formula is C16H14N2O3S. The van der Waals surface area contributed by atoms with E-state index in [0.717, 1.165) is 0 Å². The van der Waals surface area contributed by atoms with E-state index in [0.29, 0.717) is 16.6 Å². The van der Waals surface area contributed by atoms with Crippen LogP contribution in [-0.4, -0.2) is 22.6 Å². The van der Waals surface area contributed by atoms with E-state index in [2.05, 4.69) is 22.9 Å². The zero-order chi connectivity index (χ0) is 16.3. The summed E-state index contributed by atoms with van der Waals surface area (Å²) in [4.78, 5) is 27.3. The number of aromatic amines is 1. The standard InChI is InChI=1S/C16H14N2O3S/c1-4-6-11(5-2)18-14(19)12-9-10(15(20)21-3)7-8-13(12)17-16(18)22/h4-9H,1-2H2,3H3,(H,17,22)/b11-6+. The summed E-state index contributed by atoms with van der Waals surface area (Å²) in [6.07, 6.45) is 4.66. The van der Waals surface area contributed by atoms with E-state index in [1.807, 2.05) is 0 Å². The Morgan fingerprint density at radius 2 is 2.14 bits per heavy atom. The molecule has 0 aliphatic carbocycles. The van der Waals surface area contributed by atoms with Crippen LogP contribution in [0, 0.1) is 4.77 Å². The second-order valence-electron chi connectivity index (χ2n) is 4.35. The van der Waals surface area contributed by atoms with Crippen molar-refractivity contribution in [1.82, 2.24) is 9.55 Å². The Morgan fingerprint density at radius 1 is 1.41 bits per heavy atom. The number of nitrogens with zero attached hydrogens (tertiary/aromatic N) is 1. The first kappa shape index (κ1) is 15.7. The summed E-state index contributed by atoms with van der Waals surface area (Å²) >= 11 is 5.22. The summed E-state index contributed by atoms with van der Waals surface area (Å²) in [5, 5.41) is 0.327. The molecule has 1 aromatic carbocycles. The minimum atomic E-state index is -0.513. The maximum Gasteiger partial charge on any atom is 0.337 e. The zero-order valence-corrected chi connectivity index (χ0v) is 12.8. The van der Waals surface area contributed by atoms with E-state index in [9.17, 15) is 9.59 Å². The van der Waals surface area contributed by atoms with E-state index < -0.39 is 5.97 Å². The predicted octanol–water partition coefficient (Wildman–Crippen LogP) is 3.06. The van der Waals surface area contributed by atoms with Gasteiger partial charge in [0.15, 0.2) is 4.77 Å². The number of carbonyl (C=O) groups is 1. The fourth-order valence-corrected chi connectivity index (χ4v) is 2.35. The molecule has 0 spiro atoms. The van der Waals surface area contributed by atoms with Crippen LogP contribution in [0.25, 0.3) is 16.6 Å². The van der Waals surface area contributed by atoms with Gasteiger partial charge >= 0.3 is 5.97 Å². The van der Waals surface area contributed by atoms with Gasteiger partial charge in [0.1, 0.15) is 0 Å². The lowest BCUT2D eigenvalue weighted by Gasteiger charge is -2.09. The third-order valence-corrected chi connectivity index (χ3v) is 3.36. The highest BCUT2D eigenvalue weighted by Crippen LogP contribution is 2.13. The second kappa shape index (κ2) is 6.36. The van der Waals surface area contributed by atoms with Gasteiger partial charge in [0.05, 0.1) is 29.3 Å². The van der Waals surface area contributed by atoms with Crippen molar-refractivity contribution in [1.29, 1.82) is 0 Å². The highest BCUT2D eigenvalue weighted by molar-refractivity contribution is 7.71. The molecule has 0 aliphatic heterocycles. The van der Waals surface area contributed by atoms with Gasteiger partial charge in [-0.3, -0.25) is 9.36 Å². The van der Waals surface area contributed by atoms with Crippen molar-refractivity contribution in [3.05, 3.63) is 70.3 Å². The van der Waals surface area contributed by atoms with Crippen LogP contribution in [0.15, 0.2) is 54.4 Å². The molecule has 6 heteroatoms. The predicted molar refractivity (Wildman–Crippen MR) is 89.4 cm³/mol. The molecule has 0 saturated heterocycles. The lowest BCUT2D eigenvalue weighted by molar-refractivity contribution is 0.0601. The molecule has 1 aromatic heterocycles. The smallest absolute Gasteiger partial charge is 0.337 e. The number of aromatic nitrogens is 2. The van der Waals surface area contributed by atoms with Gasteiger partial charge in [0.25, 0.3) is 5.56 Å². The summed E-state index contributed by atoms with van der Waals surface area (Å²) in [6.45, 7) is 7.27. The number of ether oxygens (including phenoxy) is 1. The van der Waals surface area contributed by atoms with Crippen molar-refractivity contribution in [3.63, 3.8) is 0 Å². The molecule has 0 aliphatic rings. The Kier molecular flexibility index (Phi) is 4.53. The zero-order valence-electron chi connectivity index (χ0n) is 12.0. The van der Waals surface area contributed by atoms with Gasteiger partial charge in [-0.2, -0.15) is 0 Å². The Hall–Kier alpha value is -2.73. The number of esters is 1. The molecule has 0 bridgehead atoms. The molecule has 2 rings (SSSR count). The summed E-state index contributed by atoms with van der Waals surface area (Å²) in [6, 6.07) is 4.66. The highest BCUT2D eigenvalue weighted by Gasteiger charge is 2.11. The molecule has 5 nitrogen and oxygen atoms in total. The largest absolute Gasteiger partial charge is 0.465 e. The first-order chi connectivity index (χ1) is 10.5. The van der Waals surface area contributed by atoms with E-state index in [1.165, 1.54) is 29.9 Å². The van der Waals surface area contributed by atoms with Gasteiger partial charge in [-0.25, -0.2) is 4.79 Å². The van der Waals surface area contributed by atoms with Gasteiger partial charge < -0.3 is 9.72 Å². The third-order valence-electron chi connectivity index (χ3n) is 3.07. The number of allylic oxidation sites excluding steroid dienone is 4. The van der Waals surface area contributed by atoms with Crippen LogP contribution in [0.1, 0.15) is 10.4 Å². The van der Waals surface area contributed by atoms with Gasteiger partial charge in [-0.1, -0.05) is 19.2 Å². The number of hydrogen-bond donors (Lipinski definition) is 1. The molecule has 1 N–H and O–H groups in total. The van der Waals surface area contributed by atoms with E-state index in [-0.39, 0.29) is 15.9 Å². The molecule has 0 amide bonds. The fourth-order valence-electron chi connectivity index (χ4n) is 2.05. The summed E-state index contributed by atoms with van der Waals surface area (Å²) < 4.78 is 6.20. The number of carbonyl (C=O) groups excluding carboxylic acids is 1. The SMILES string of the molecule is C=C/C=C(\C=C)n1c(=S)[nH]c2ccc(C(=O)OC)cc2c1=O. The number of benzene rings is 1. The maximum atomic E-state index is 12.7. The number of methoxy groups -OCH3 is 1.